The Kier molecular flexibility index (Phi) is 4.98. The van der Waals surface area contributed by atoms with Crippen LogP contribution in [0.25, 0.3) is 0 Å². The Balaban J connectivity index is 1.34. The van der Waals surface area contributed by atoms with Crippen molar-refractivity contribution in [2.75, 3.05) is 19.6 Å². The normalized spacial score (nSPS) is 24.8. The van der Waals surface area contributed by atoms with Gasteiger partial charge >= 0.3 is 0 Å². The molecule has 1 aromatic heterocycles. The van der Waals surface area contributed by atoms with Crippen molar-refractivity contribution in [2.45, 2.75) is 50.6 Å². The van der Waals surface area contributed by atoms with Crippen LogP contribution in [0.1, 0.15) is 43.7 Å². The fourth-order valence-electron chi connectivity index (χ4n) is 4.68. The highest BCUT2D eigenvalue weighted by atomic mass is 32.1. The number of rotatable bonds is 3. The van der Waals surface area contributed by atoms with E-state index in [0.717, 1.165) is 44.6 Å². The average molecular weight is 375 g/mol. The molecule has 7 heteroatoms. The molecule has 0 radical (unpaired) electrons. The number of carbonyl (C=O) groups is 1. The number of hydrogen-bond acceptors (Lipinski definition) is 3. The SMILES string of the molecule is O=C(CNC(=S)N1CC2CC(C1)c1cccc(=O)n1C2)NC1CCCC1. The molecular formula is C19H26N4O2S. The van der Waals surface area contributed by atoms with Crippen molar-refractivity contribution < 1.29 is 4.79 Å². The smallest absolute Gasteiger partial charge is 0.250 e. The topological polar surface area (TPSA) is 66.4 Å². The van der Waals surface area contributed by atoms with Crippen LogP contribution in [0.15, 0.2) is 23.0 Å². The predicted molar refractivity (Wildman–Crippen MR) is 104 cm³/mol. The zero-order chi connectivity index (χ0) is 18.1. The Morgan fingerprint density at radius 2 is 2.00 bits per heavy atom. The molecule has 2 unspecified atom stereocenters. The lowest BCUT2D eigenvalue weighted by atomic mass is 9.83. The summed E-state index contributed by atoms with van der Waals surface area (Å²) in [6.45, 7) is 2.63. The third-order valence-electron chi connectivity index (χ3n) is 5.89. The number of thiocarbonyl (C=S) groups is 1. The van der Waals surface area contributed by atoms with Gasteiger partial charge in [0, 0.05) is 43.4 Å². The van der Waals surface area contributed by atoms with Crippen molar-refractivity contribution in [3.8, 4) is 0 Å². The van der Waals surface area contributed by atoms with Gasteiger partial charge in [-0.3, -0.25) is 9.59 Å². The van der Waals surface area contributed by atoms with Crippen molar-refractivity contribution in [1.82, 2.24) is 20.1 Å². The molecule has 4 rings (SSSR count). The van der Waals surface area contributed by atoms with Crippen molar-refractivity contribution >= 4 is 23.2 Å². The van der Waals surface area contributed by atoms with E-state index in [4.69, 9.17) is 12.2 Å². The number of hydrogen-bond donors (Lipinski definition) is 2. The van der Waals surface area contributed by atoms with Gasteiger partial charge in [-0.15, -0.1) is 0 Å². The Bertz CT molecular complexity index is 756. The fraction of sp³-hybridized carbons (Fsp3) is 0.632. The molecule has 3 aliphatic rings. The molecule has 1 saturated heterocycles. The van der Waals surface area contributed by atoms with Gasteiger partial charge in [-0.1, -0.05) is 18.9 Å². The van der Waals surface area contributed by atoms with Crippen LogP contribution < -0.4 is 16.2 Å². The maximum atomic E-state index is 12.1. The molecule has 2 aliphatic heterocycles. The number of fused-ring (bicyclic) bond motifs is 4. The number of carbonyl (C=O) groups excluding carboxylic acids is 1. The maximum absolute atomic E-state index is 12.1. The molecule has 2 N–H and O–H groups in total. The Labute approximate surface area is 158 Å². The van der Waals surface area contributed by atoms with Gasteiger partial charge in [0.05, 0.1) is 6.54 Å². The summed E-state index contributed by atoms with van der Waals surface area (Å²) in [7, 11) is 0. The predicted octanol–water partition coefficient (Wildman–Crippen LogP) is 1.20. The first kappa shape index (κ1) is 17.5. The molecule has 6 nitrogen and oxygen atoms in total. The van der Waals surface area contributed by atoms with Gasteiger partial charge in [0.2, 0.25) is 5.91 Å². The molecule has 140 valence electrons. The van der Waals surface area contributed by atoms with Crippen LogP contribution in [0.5, 0.6) is 0 Å². The van der Waals surface area contributed by atoms with Crippen molar-refractivity contribution in [3.05, 3.63) is 34.2 Å². The van der Waals surface area contributed by atoms with E-state index in [9.17, 15) is 9.59 Å². The summed E-state index contributed by atoms with van der Waals surface area (Å²) in [4.78, 5) is 26.4. The summed E-state index contributed by atoms with van der Waals surface area (Å²) in [6, 6.07) is 5.87. The average Bonchev–Trinajstić information content (AvgIpc) is 3.13. The molecule has 0 spiro atoms. The number of pyridine rings is 1. The molecule has 2 bridgehead atoms. The van der Waals surface area contributed by atoms with E-state index in [1.807, 2.05) is 10.6 Å². The second-order valence-electron chi connectivity index (χ2n) is 7.81. The molecule has 26 heavy (non-hydrogen) atoms. The first-order valence-electron chi connectivity index (χ1n) is 9.62. The van der Waals surface area contributed by atoms with Crippen molar-refractivity contribution in [2.24, 2.45) is 5.92 Å². The van der Waals surface area contributed by atoms with E-state index < -0.39 is 0 Å². The number of amides is 1. The second-order valence-corrected chi connectivity index (χ2v) is 8.20. The van der Waals surface area contributed by atoms with Crippen LogP contribution in [0.3, 0.4) is 0 Å². The van der Waals surface area contributed by atoms with E-state index >= 15 is 0 Å². The molecule has 2 fully saturated rings. The Hall–Kier alpha value is -1.89. The third-order valence-corrected chi connectivity index (χ3v) is 6.29. The molecule has 1 amide bonds. The first-order valence-corrected chi connectivity index (χ1v) is 10.0. The lowest BCUT2D eigenvalue weighted by Gasteiger charge is -2.43. The van der Waals surface area contributed by atoms with E-state index in [2.05, 4.69) is 21.6 Å². The van der Waals surface area contributed by atoms with Crippen LogP contribution in [0.4, 0.5) is 0 Å². The van der Waals surface area contributed by atoms with Gasteiger partial charge in [-0.2, -0.15) is 0 Å². The highest BCUT2D eigenvalue weighted by Gasteiger charge is 2.35. The van der Waals surface area contributed by atoms with E-state index in [-0.39, 0.29) is 18.0 Å². The summed E-state index contributed by atoms with van der Waals surface area (Å²) < 4.78 is 1.92. The third kappa shape index (κ3) is 3.63. The zero-order valence-corrected chi connectivity index (χ0v) is 15.8. The monoisotopic (exact) mass is 374 g/mol. The molecule has 2 atom stereocenters. The van der Waals surface area contributed by atoms with Gasteiger partial charge in [0.1, 0.15) is 0 Å². The minimum absolute atomic E-state index is 0.0216. The molecule has 0 aromatic carbocycles. The van der Waals surface area contributed by atoms with Gasteiger partial charge in [0.25, 0.3) is 5.56 Å². The molecule has 1 saturated carbocycles. The number of nitrogens with zero attached hydrogens (tertiary/aromatic N) is 2. The zero-order valence-electron chi connectivity index (χ0n) is 14.9. The van der Waals surface area contributed by atoms with Crippen molar-refractivity contribution in [3.63, 3.8) is 0 Å². The standard InChI is InChI=1S/C19H26N4O2S/c24-17(21-15-4-1-2-5-15)9-20-19(26)22-10-13-8-14(12-22)16-6-3-7-18(25)23(16)11-13/h3,6-7,13-15H,1-2,4-5,8-12H2,(H,20,26)(H,21,24). The summed E-state index contributed by atoms with van der Waals surface area (Å²) in [6.07, 6.45) is 5.69. The fourth-order valence-corrected chi connectivity index (χ4v) is 4.90. The maximum Gasteiger partial charge on any atom is 0.250 e. The number of likely N-dealkylation sites (tertiary alicyclic amines) is 1. The Morgan fingerprint density at radius 1 is 1.19 bits per heavy atom. The highest BCUT2D eigenvalue weighted by molar-refractivity contribution is 7.80. The van der Waals surface area contributed by atoms with E-state index in [1.54, 1.807) is 6.07 Å². The first-order chi connectivity index (χ1) is 12.6. The molecular weight excluding hydrogens is 348 g/mol. The lowest BCUT2D eigenvalue weighted by molar-refractivity contribution is -0.120. The summed E-state index contributed by atoms with van der Waals surface area (Å²) in [5, 5.41) is 6.85. The van der Waals surface area contributed by atoms with Crippen LogP contribution in [0.2, 0.25) is 0 Å². The van der Waals surface area contributed by atoms with Crippen LogP contribution in [0, 0.1) is 5.92 Å². The second kappa shape index (κ2) is 7.39. The van der Waals surface area contributed by atoms with Gasteiger partial charge in [-0.25, -0.2) is 0 Å². The van der Waals surface area contributed by atoms with Gasteiger partial charge < -0.3 is 20.1 Å². The summed E-state index contributed by atoms with van der Waals surface area (Å²) >= 11 is 5.54. The van der Waals surface area contributed by atoms with E-state index in [0.29, 0.717) is 23.0 Å². The summed E-state index contributed by atoms with van der Waals surface area (Å²) in [5.41, 5.74) is 1.20. The molecule has 1 aliphatic carbocycles. The minimum atomic E-state index is 0.0216. The number of nitrogens with one attached hydrogen (secondary N) is 2. The Morgan fingerprint density at radius 3 is 2.81 bits per heavy atom. The number of aromatic nitrogens is 1. The van der Waals surface area contributed by atoms with Crippen LogP contribution in [-0.2, 0) is 11.3 Å². The minimum Gasteiger partial charge on any atom is -0.354 e. The van der Waals surface area contributed by atoms with Crippen LogP contribution >= 0.6 is 12.2 Å². The van der Waals surface area contributed by atoms with Crippen LogP contribution in [-0.4, -0.2) is 46.2 Å². The van der Waals surface area contributed by atoms with Gasteiger partial charge in [0.15, 0.2) is 5.11 Å². The largest absolute Gasteiger partial charge is 0.354 e. The van der Waals surface area contributed by atoms with Crippen molar-refractivity contribution in [1.29, 1.82) is 0 Å². The number of piperidine rings is 1. The molecule has 1 aromatic rings. The summed E-state index contributed by atoms with van der Waals surface area (Å²) in [5.74, 6) is 0.769. The highest BCUT2D eigenvalue weighted by Crippen LogP contribution is 2.34. The van der Waals surface area contributed by atoms with E-state index in [1.165, 1.54) is 12.8 Å². The lowest BCUT2D eigenvalue weighted by Crippen LogP contribution is -2.53. The molecule has 3 heterocycles. The quantitative estimate of drug-likeness (QED) is 0.779. The van der Waals surface area contributed by atoms with Gasteiger partial charge in [-0.05, 0) is 43.5 Å².